The Hall–Kier alpha value is -0.580. The van der Waals surface area contributed by atoms with E-state index in [2.05, 4.69) is 0 Å². The first-order valence-corrected chi connectivity index (χ1v) is 5.54. The van der Waals surface area contributed by atoms with Crippen LogP contribution in [0.15, 0.2) is 6.07 Å². The number of carboxylic acids is 1. The zero-order chi connectivity index (χ0) is 10.3. The smallest absolute Gasteiger partial charge is 0.328 e. The predicted molar refractivity (Wildman–Crippen MR) is 55.8 cm³/mol. The Morgan fingerprint density at radius 3 is 3.07 bits per heavy atom. The summed E-state index contributed by atoms with van der Waals surface area (Å²) >= 11 is 7.28. The standard InChI is InChI=1S/C9H10ClNO2S/c10-7-4-5-6(14-7)2-1-3-9(5,11)8(12)13/h4H,1-3,11H2,(H,12,13). The van der Waals surface area contributed by atoms with E-state index >= 15 is 0 Å². The van der Waals surface area contributed by atoms with Crippen LogP contribution in [0.3, 0.4) is 0 Å². The van der Waals surface area contributed by atoms with E-state index in [1.807, 2.05) is 0 Å². The highest BCUT2D eigenvalue weighted by molar-refractivity contribution is 7.16. The SMILES string of the molecule is NC1(C(=O)O)CCCc2sc(Cl)cc21. The Morgan fingerprint density at radius 2 is 2.43 bits per heavy atom. The van der Waals surface area contributed by atoms with Crippen molar-refractivity contribution in [3.05, 3.63) is 20.8 Å². The number of nitrogens with two attached hydrogens (primary N) is 1. The Kier molecular flexibility index (Phi) is 2.29. The highest BCUT2D eigenvalue weighted by Gasteiger charge is 2.41. The van der Waals surface area contributed by atoms with Gasteiger partial charge in [-0.15, -0.1) is 11.3 Å². The molecular weight excluding hydrogens is 222 g/mol. The van der Waals surface area contributed by atoms with E-state index in [1.54, 1.807) is 6.07 Å². The van der Waals surface area contributed by atoms with E-state index in [0.29, 0.717) is 16.3 Å². The molecule has 0 bridgehead atoms. The van der Waals surface area contributed by atoms with Crippen LogP contribution in [0.25, 0.3) is 0 Å². The van der Waals surface area contributed by atoms with Crippen LogP contribution < -0.4 is 5.73 Å². The highest BCUT2D eigenvalue weighted by Crippen LogP contribution is 2.40. The van der Waals surface area contributed by atoms with Gasteiger partial charge in [-0.25, -0.2) is 4.79 Å². The van der Waals surface area contributed by atoms with Crippen LogP contribution >= 0.6 is 22.9 Å². The summed E-state index contributed by atoms with van der Waals surface area (Å²) in [7, 11) is 0. The molecule has 1 aromatic rings. The Bertz CT molecular complexity index is 390. The van der Waals surface area contributed by atoms with Crippen molar-refractivity contribution in [2.45, 2.75) is 24.8 Å². The molecule has 0 amide bonds. The van der Waals surface area contributed by atoms with Crippen molar-refractivity contribution >= 4 is 28.9 Å². The second-order valence-electron chi connectivity index (χ2n) is 3.52. The van der Waals surface area contributed by atoms with Crippen molar-refractivity contribution in [2.75, 3.05) is 0 Å². The molecule has 1 aromatic heterocycles. The molecule has 0 aromatic carbocycles. The molecule has 1 unspecified atom stereocenters. The van der Waals surface area contributed by atoms with E-state index < -0.39 is 11.5 Å². The van der Waals surface area contributed by atoms with Crippen LogP contribution in [0.1, 0.15) is 23.3 Å². The average Bonchev–Trinajstić information content (AvgIpc) is 2.47. The molecule has 0 radical (unpaired) electrons. The zero-order valence-corrected chi connectivity index (χ0v) is 8.99. The molecule has 2 rings (SSSR count). The molecule has 1 atom stereocenters. The number of thiophene rings is 1. The summed E-state index contributed by atoms with van der Waals surface area (Å²) in [6.07, 6.45) is 2.19. The molecule has 5 heteroatoms. The summed E-state index contributed by atoms with van der Waals surface area (Å²) in [4.78, 5) is 12.1. The maximum absolute atomic E-state index is 11.1. The second-order valence-corrected chi connectivity index (χ2v) is 5.29. The summed E-state index contributed by atoms with van der Waals surface area (Å²) < 4.78 is 0.618. The summed E-state index contributed by atoms with van der Waals surface area (Å²) in [5, 5.41) is 9.09. The zero-order valence-electron chi connectivity index (χ0n) is 7.42. The lowest BCUT2D eigenvalue weighted by Gasteiger charge is -2.29. The lowest BCUT2D eigenvalue weighted by molar-refractivity contribution is -0.144. The van der Waals surface area contributed by atoms with Gasteiger partial charge in [-0.3, -0.25) is 0 Å². The topological polar surface area (TPSA) is 63.3 Å². The van der Waals surface area contributed by atoms with Crippen molar-refractivity contribution in [1.29, 1.82) is 0 Å². The summed E-state index contributed by atoms with van der Waals surface area (Å²) in [6.45, 7) is 0. The number of aliphatic carboxylic acids is 1. The highest BCUT2D eigenvalue weighted by atomic mass is 35.5. The first kappa shape index (κ1) is 9.96. The molecule has 1 heterocycles. The van der Waals surface area contributed by atoms with Gasteiger partial charge < -0.3 is 10.8 Å². The van der Waals surface area contributed by atoms with E-state index in [0.717, 1.165) is 17.7 Å². The van der Waals surface area contributed by atoms with Crippen LogP contribution in [-0.2, 0) is 16.8 Å². The maximum atomic E-state index is 11.1. The summed E-state index contributed by atoms with van der Waals surface area (Å²) in [6, 6.07) is 1.69. The monoisotopic (exact) mass is 231 g/mol. The third kappa shape index (κ3) is 1.34. The largest absolute Gasteiger partial charge is 0.480 e. The molecule has 76 valence electrons. The Labute approximate surface area is 90.5 Å². The normalized spacial score (nSPS) is 25.9. The maximum Gasteiger partial charge on any atom is 0.328 e. The number of hydrogen-bond donors (Lipinski definition) is 2. The molecular formula is C9H10ClNO2S. The van der Waals surface area contributed by atoms with Crippen LogP contribution in [0.2, 0.25) is 4.34 Å². The fourth-order valence-electron chi connectivity index (χ4n) is 1.84. The first-order chi connectivity index (χ1) is 6.54. The summed E-state index contributed by atoms with van der Waals surface area (Å²) in [5.41, 5.74) is 5.35. The van der Waals surface area contributed by atoms with Gasteiger partial charge in [0.05, 0.1) is 4.34 Å². The molecule has 1 aliphatic carbocycles. The average molecular weight is 232 g/mol. The van der Waals surface area contributed by atoms with Gasteiger partial charge in [0.1, 0.15) is 5.54 Å². The Morgan fingerprint density at radius 1 is 1.71 bits per heavy atom. The van der Waals surface area contributed by atoms with Gasteiger partial charge >= 0.3 is 5.97 Å². The van der Waals surface area contributed by atoms with Crippen LogP contribution in [0, 0.1) is 0 Å². The fraction of sp³-hybridized carbons (Fsp3) is 0.444. The van der Waals surface area contributed by atoms with Crippen molar-refractivity contribution in [3.8, 4) is 0 Å². The Balaban J connectivity index is 2.54. The number of fused-ring (bicyclic) bond motifs is 1. The van der Waals surface area contributed by atoms with Gasteiger partial charge in [0, 0.05) is 4.88 Å². The van der Waals surface area contributed by atoms with Crippen LogP contribution in [0.4, 0.5) is 0 Å². The molecule has 3 N–H and O–H groups in total. The van der Waals surface area contributed by atoms with Gasteiger partial charge in [0.15, 0.2) is 0 Å². The molecule has 0 fully saturated rings. The molecule has 1 aliphatic rings. The third-order valence-electron chi connectivity index (χ3n) is 2.62. The van der Waals surface area contributed by atoms with E-state index in [4.69, 9.17) is 22.4 Å². The van der Waals surface area contributed by atoms with Crippen LogP contribution in [-0.4, -0.2) is 11.1 Å². The van der Waals surface area contributed by atoms with Crippen molar-refractivity contribution in [3.63, 3.8) is 0 Å². The number of rotatable bonds is 1. The van der Waals surface area contributed by atoms with E-state index in [-0.39, 0.29) is 0 Å². The lowest BCUT2D eigenvalue weighted by atomic mass is 9.81. The lowest BCUT2D eigenvalue weighted by Crippen LogP contribution is -2.46. The molecule has 0 saturated heterocycles. The minimum absolute atomic E-state index is 0.488. The quantitative estimate of drug-likeness (QED) is 0.777. The molecule has 0 saturated carbocycles. The van der Waals surface area contributed by atoms with Gasteiger partial charge in [-0.05, 0) is 30.9 Å². The third-order valence-corrected chi connectivity index (χ3v) is 3.94. The minimum Gasteiger partial charge on any atom is -0.480 e. The van der Waals surface area contributed by atoms with E-state index in [1.165, 1.54) is 11.3 Å². The molecule has 0 aliphatic heterocycles. The minimum atomic E-state index is -1.22. The first-order valence-electron chi connectivity index (χ1n) is 4.35. The number of hydrogen-bond acceptors (Lipinski definition) is 3. The number of aryl methyl sites for hydroxylation is 1. The van der Waals surface area contributed by atoms with Gasteiger partial charge in [0.25, 0.3) is 0 Å². The van der Waals surface area contributed by atoms with Crippen molar-refractivity contribution < 1.29 is 9.90 Å². The number of halogens is 1. The second kappa shape index (κ2) is 3.22. The molecule has 3 nitrogen and oxygen atoms in total. The molecule has 14 heavy (non-hydrogen) atoms. The van der Waals surface area contributed by atoms with E-state index in [9.17, 15) is 4.79 Å². The summed E-state index contributed by atoms with van der Waals surface area (Å²) in [5.74, 6) is -0.965. The van der Waals surface area contributed by atoms with Crippen molar-refractivity contribution in [1.82, 2.24) is 0 Å². The van der Waals surface area contributed by atoms with Gasteiger partial charge in [-0.1, -0.05) is 11.6 Å². The van der Waals surface area contributed by atoms with Gasteiger partial charge in [0.2, 0.25) is 0 Å². The number of carbonyl (C=O) groups is 1. The fourth-order valence-corrected chi connectivity index (χ4v) is 3.24. The predicted octanol–water partition coefficient (Wildman–Crippen LogP) is 1.98. The number of carboxylic acid groups (broad SMARTS) is 1. The molecule has 0 spiro atoms. The van der Waals surface area contributed by atoms with Crippen LogP contribution in [0.5, 0.6) is 0 Å². The van der Waals surface area contributed by atoms with Gasteiger partial charge in [-0.2, -0.15) is 0 Å². The van der Waals surface area contributed by atoms with Crippen molar-refractivity contribution in [2.24, 2.45) is 5.73 Å².